The van der Waals surface area contributed by atoms with Crippen LogP contribution in [0.2, 0.25) is 0 Å². The molecule has 0 bridgehead atoms. The fraction of sp³-hybridized carbons (Fsp3) is 0.556. The lowest BCUT2D eigenvalue weighted by Crippen LogP contribution is -2.59. The van der Waals surface area contributed by atoms with Crippen molar-refractivity contribution >= 4 is 17.6 Å². The topological polar surface area (TPSA) is 52.7 Å². The van der Waals surface area contributed by atoms with Crippen LogP contribution >= 0.6 is 0 Å². The van der Waals surface area contributed by atoms with Crippen molar-refractivity contribution in [2.24, 2.45) is 0 Å². The smallest absolute Gasteiger partial charge is 0.318 e. The Morgan fingerprint density at radius 2 is 1.91 bits per heavy atom. The molecule has 0 aliphatic carbocycles. The monoisotopic (exact) mass is 317 g/mol. The molecular weight excluding hydrogens is 290 g/mol. The second-order valence-corrected chi connectivity index (χ2v) is 6.34. The third-order valence-corrected chi connectivity index (χ3v) is 4.31. The quantitative estimate of drug-likeness (QED) is 0.928. The lowest BCUT2D eigenvalue weighted by atomic mass is 10.0. The number of hydrogen-bond acceptors (Lipinski definition) is 2. The number of piperazine rings is 1. The van der Waals surface area contributed by atoms with Crippen molar-refractivity contribution in [2.45, 2.75) is 46.1 Å². The number of anilines is 1. The van der Waals surface area contributed by atoms with E-state index in [2.05, 4.69) is 31.3 Å². The van der Waals surface area contributed by atoms with E-state index in [0.717, 1.165) is 12.1 Å². The van der Waals surface area contributed by atoms with Crippen LogP contribution in [0, 0.1) is 0 Å². The molecule has 0 unspecified atom stereocenters. The summed E-state index contributed by atoms with van der Waals surface area (Å²) in [5.74, 6) is 0.443. The first-order valence-electron chi connectivity index (χ1n) is 8.41. The van der Waals surface area contributed by atoms with Crippen LogP contribution in [-0.4, -0.2) is 42.5 Å². The van der Waals surface area contributed by atoms with Gasteiger partial charge in [-0.25, -0.2) is 4.79 Å². The van der Waals surface area contributed by atoms with Crippen molar-refractivity contribution in [2.75, 3.05) is 24.5 Å². The summed E-state index contributed by atoms with van der Waals surface area (Å²) in [6.07, 6.45) is 0.885. The molecule has 0 aromatic heterocycles. The first-order valence-corrected chi connectivity index (χ1v) is 8.41. The highest BCUT2D eigenvalue weighted by molar-refractivity contribution is 6.00. The Hall–Kier alpha value is -2.04. The van der Waals surface area contributed by atoms with Crippen LogP contribution in [0.5, 0.6) is 0 Å². The number of benzene rings is 1. The predicted octanol–water partition coefficient (Wildman–Crippen LogP) is 2.97. The van der Waals surface area contributed by atoms with Crippen LogP contribution in [0.25, 0.3) is 0 Å². The van der Waals surface area contributed by atoms with Gasteiger partial charge in [0.15, 0.2) is 0 Å². The molecule has 3 amide bonds. The summed E-state index contributed by atoms with van der Waals surface area (Å²) in [5.41, 5.74) is 2.16. The van der Waals surface area contributed by atoms with Crippen molar-refractivity contribution in [3.63, 3.8) is 0 Å². The first-order chi connectivity index (χ1) is 11.0. The van der Waals surface area contributed by atoms with E-state index in [1.54, 1.807) is 16.7 Å². The molecule has 1 aliphatic rings. The molecule has 1 heterocycles. The van der Waals surface area contributed by atoms with Gasteiger partial charge in [0.25, 0.3) is 0 Å². The van der Waals surface area contributed by atoms with Gasteiger partial charge in [-0.2, -0.15) is 0 Å². The van der Waals surface area contributed by atoms with Crippen LogP contribution in [-0.2, 0) is 4.79 Å². The molecule has 1 aromatic rings. The van der Waals surface area contributed by atoms with Crippen LogP contribution in [0.15, 0.2) is 24.3 Å². The first kappa shape index (κ1) is 17.3. The maximum atomic E-state index is 12.6. The Morgan fingerprint density at radius 3 is 2.48 bits per heavy atom. The highest BCUT2D eigenvalue weighted by atomic mass is 16.2. The minimum Gasteiger partial charge on any atom is -0.338 e. The summed E-state index contributed by atoms with van der Waals surface area (Å²) in [5, 5.41) is 2.84. The highest BCUT2D eigenvalue weighted by Crippen LogP contribution is 2.23. The normalized spacial score (nSPS) is 18.5. The number of carbonyl (C=O) groups is 2. The second-order valence-electron chi connectivity index (χ2n) is 6.34. The molecule has 5 heteroatoms. The van der Waals surface area contributed by atoms with Gasteiger partial charge in [-0.05, 0) is 37.0 Å². The molecule has 23 heavy (non-hydrogen) atoms. The fourth-order valence-corrected chi connectivity index (χ4v) is 2.78. The molecule has 1 aliphatic heterocycles. The Labute approximate surface area is 138 Å². The number of hydrogen-bond donors (Lipinski definition) is 1. The lowest BCUT2D eigenvalue weighted by Gasteiger charge is -2.39. The van der Waals surface area contributed by atoms with Crippen molar-refractivity contribution in [3.8, 4) is 0 Å². The van der Waals surface area contributed by atoms with E-state index in [-0.39, 0.29) is 11.9 Å². The van der Waals surface area contributed by atoms with E-state index in [9.17, 15) is 9.59 Å². The average Bonchev–Trinajstić information content (AvgIpc) is 2.55. The van der Waals surface area contributed by atoms with Gasteiger partial charge in [-0.15, -0.1) is 0 Å². The minimum atomic E-state index is -0.439. The third-order valence-electron chi connectivity index (χ3n) is 4.31. The summed E-state index contributed by atoms with van der Waals surface area (Å²) in [6, 6.07) is 7.53. The van der Waals surface area contributed by atoms with Crippen LogP contribution < -0.4 is 10.2 Å². The molecule has 126 valence electrons. The number of rotatable bonds is 4. The van der Waals surface area contributed by atoms with Crippen molar-refractivity contribution < 1.29 is 9.59 Å². The van der Waals surface area contributed by atoms with Gasteiger partial charge in [0, 0.05) is 25.3 Å². The largest absolute Gasteiger partial charge is 0.338 e. The summed E-state index contributed by atoms with van der Waals surface area (Å²) in [7, 11) is 0. The van der Waals surface area contributed by atoms with Crippen molar-refractivity contribution in [1.29, 1.82) is 0 Å². The van der Waals surface area contributed by atoms with Gasteiger partial charge in [0.1, 0.15) is 6.04 Å². The molecule has 1 fully saturated rings. The standard InChI is InChI=1S/C18H27N3O2/c1-5-10-19-18(23)20-11-12-21(17(22)14(20)4)16-8-6-15(7-9-16)13(2)3/h6-9,13-14H,5,10-12H2,1-4H3,(H,19,23)/t14-/m0/s1. The molecule has 5 nitrogen and oxygen atoms in total. The van der Waals surface area contributed by atoms with Gasteiger partial charge >= 0.3 is 6.03 Å². The number of nitrogens with one attached hydrogen (secondary N) is 1. The molecule has 0 spiro atoms. The van der Waals surface area contributed by atoms with Crippen molar-refractivity contribution in [3.05, 3.63) is 29.8 Å². The molecule has 0 saturated carbocycles. The number of amides is 3. The molecule has 1 aromatic carbocycles. The van der Waals surface area contributed by atoms with Gasteiger partial charge < -0.3 is 15.1 Å². The van der Waals surface area contributed by atoms with E-state index >= 15 is 0 Å². The zero-order chi connectivity index (χ0) is 17.0. The van der Waals surface area contributed by atoms with E-state index in [1.165, 1.54) is 5.56 Å². The van der Waals surface area contributed by atoms with E-state index in [0.29, 0.717) is 25.6 Å². The summed E-state index contributed by atoms with van der Waals surface area (Å²) >= 11 is 0. The summed E-state index contributed by atoms with van der Waals surface area (Å²) in [4.78, 5) is 28.2. The Bertz CT molecular complexity index is 554. The second kappa shape index (κ2) is 7.49. The minimum absolute atomic E-state index is 0.0276. The Kier molecular flexibility index (Phi) is 5.64. The molecule has 1 atom stereocenters. The van der Waals surface area contributed by atoms with Crippen LogP contribution in [0.4, 0.5) is 10.5 Å². The lowest BCUT2D eigenvalue weighted by molar-refractivity contribution is -0.124. The van der Waals surface area contributed by atoms with Crippen LogP contribution in [0.3, 0.4) is 0 Å². The third kappa shape index (κ3) is 3.84. The Balaban J connectivity index is 2.07. The maximum Gasteiger partial charge on any atom is 0.318 e. The summed E-state index contributed by atoms with van der Waals surface area (Å²) < 4.78 is 0. The van der Waals surface area contributed by atoms with Gasteiger partial charge in [0.2, 0.25) is 5.91 Å². The SMILES string of the molecule is CCCNC(=O)N1CCN(c2ccc(C(C)C)cc2)C(=O)[C@@H]1C. The fourth-order valence-electron chi connectivity index (χ4n) is 2.78. The molecule has 1 saturated heterocycles. The number of nitrogens with zero attached hydrogens (tertiary/aromatic N) is 2. The maximum absolute atomic E-state index is 12.6. The molecular formula is C18H27N3O2. The Morgan fingerprint density at radius 1 is 1.26 bits per heavy atom. The summed E-state index contributed by atoms with van der Waals surface area (Å²) in [6.45, 7) is 9.82. The zero-order valence-electron chi connectivity index (χ0n) is 14.5. The number of carbonyl (C=O) groups excluding carboxylic acids is 2. The number of urea groups is 1. The molecule has 0 radical (unpaired) electrons. The van der Waals surface area contributed by atoms with Gasteiger partial charge in [0.05, 0.1) is 0 Å². The van der Waals surface area contributed by atoms with Crippen LogP contribution in [0.1, 0.15) is 45.6 Å². The van der Waals surface area contributed by atoms with E-state index in [1.807, 2.05) is 19.1 Å². The van der Waals surface area contributed by atoms with Crippen molar-refractivity contribution in [1.82, 2.24) is 10.2 Å². The predicted molar refractivity (Wildman–Crippen MR) is 92.7 cm³/mol. The zero-order valence-corrected chi connectivity index (χ0v) is 14.5. The van der Waals surface area contributed by atoms with Gasteiger partial charge in [-0.3, -0.25) is 4.79 Å². The molecule has 2 rings (SSSR count). The molecule has 1 N–H and O–H groups in total. The van der Waals surface area contributed by atoms with E-state index in [4.69, 9.17) is 0 Å². The van der Waals surface area contributed by atoms with E-state index < -0.39 is 6.04 Å². The van der Waals surface area contributed by atoms with Gasteiger partial charge in [-0.1, -0.05) is 32.9 Å². The average molecular weight is 317 g/mol. The highest BCUT2D eigenvalue weighted by Gasteiger charge is 2.34.